The van der Waals surface area contributed by atoms with E-state index in [0.29, 0.717) is 5.56 Å². The Labute approximate surface area is 123 Å². The molecule has 0 unspecified atom stereocenters. The second-order valence-electron chi connectivity index (χ2n) is 4.10. The van der Waals surface area contributed by atoms with E-state index in [1.807, 2.05) is 0 Å². The Morgan fingerprint density at radius 3 is 2.90 bits per heavy atom. The summed E-state index contributed by atoms with van der Waals surface area (Å²) >= 11 is 3.06. The second kappa shape index (κ2) is 6.00. The maximum Gasteiger partial charge on any atom is 0.354 e. The first-order valence-corrected chi connectivity index (χ1v) is 6.54. The summed E-state index contributed by atoms with van der Waals surface area (Å²) in [6.45, 7) is 1.69. The van der Waals surface area contributed by atoms with Crippen LogP contribution in [0.3, 0.4) is 0 Å². The molecule has 0 amide bonds. The highest BCUT2D eigenvalue weighted by molar-refractivity contribution is 9.10. The molecule has 0 aliphatic carbocycles. The predicted molar refractivity (Wildman–Crippen MR) is 74.4 cm³/mol. The molecule has 0 bridgehead atoms. The highest BCUT2D eigenvalue weighted by Gasteiger charge is 2.15. The second-order valence-corrected chi connectivity index (χ2v) is 4.96. The minimum atomic E-state index is -1.14. The van der Waals surface area contributed by atoms with Crippen LogP contribution in [0.1, 0.15) is 21.6 Å². The quantitative estimate of drug-likeness (QED) is 0.924. The summed E-state index contributed by atoms with van der Waals surface area (Å²) in [6.07, 6.45) is 1.42. The summed E-state index contributed by atoms with van der Waals surface area (Å²) in [5.41, 5.74) is 1.08. The molecule has 1 aromatic carbocycles. The molecular formula is C14H11BrFNO3. The number of hydrogen-bond acceptors (Lipinski definition) is 3. The molecule has 0 atom stereocenters. The van der Waals surface area contributed by atoms with Gasteiger partial charge in [0, 0.05) is 11.8 Å². The summed E-state index contributed by atoms with van der Waals surface area (Å²) in [6, 6.07) is 6.35. The van der Waals surface area contributed by atoms with Gasteiger partial charge >= 0.3 is 5.97 Å². The van der Waals surface area contributed by atoms with E-state index in [0.717, 1.165) is 5.56 Å². The van der Waals surface area contributed by atoms with Gasteiger partial charge < -0.3 is 9.84 Å². The SMILES string of the molecule is Cc1ccnc(C(=O)O)c1COc1cccc(Br)c1F. The smallest absolute Gasteiger partial charge is 0.354 e. The zero-order valence-electron chi connectivity index (χ0n) is 10.6. The van der Waals surface area contributed by atoms with Crippen LogP contribution in [0.5, 0.6) is 5.75 Å². The highest BCUT2D eigenvalue weighted by Crippen LogP contribution is 2.26. The average molecular weight is 340 g/mol. The van der Waals surface area contributed by atoms with E-state index in [9.17, 15) is 9.18 Å². The molecule has 0 saturated heterocycles. The molecule has 104 valence electrons. The van der Waals surface area contributed by atoms with Gasteiger partial charge in [-0.1, -0.05) is 6.07 Å². The Morgan fingerprint density at radius 2 is 2.20 bits per heavy atom. The number of hydrogen-bond donors (Lipinski definition) is 1. The Morgan fingerprint density at radius 1 is 1.45 bits per heavy atom. The molecule has 0 saturated carbocycles. The van der Waals surface area contributed by atoms with Gasteiger partial charge in [-0.3, -0.25) is 0 Å². The van der Waals surface area contributed by atoms with Crippen molar-refractivity contribution in [2.45, 2.75) is 13.5 Å². The van der Waals surface area contributed by atoms with Gasteiger partial charge in [0.15, 0.2) is 17.3 Å². The number of benzene rings is 1. The fourth-order valence-electron chi connectivity index (χ4n) is 1.70. The van der Waals surface area contributed by atoms with E-state index in [1.54, 1.807) is 25.1 Å². The summed E-state index contributed by atoms with van der Waals surface area (Å²) in [5, 5.41) is 9.09. The van der Waals surface area contributed by atoms with Gasteiger partial charge in [-0.15, -0.1) is 0 Å². The predicted octanol–water partition coefficient (Wildman–Crippen LogP) is 3.57. The molecule has 0 aliphatic heterocycles. The first-order valence-electron chi connectivity index (χ1n) is 5.75. The van der Waals surface area contributed by atoms with Crippen LogP contribution < -0.4 is 4.74 Å². The van der Waals surface area contributed by atoms with Crippen molar-refractivity contribution in [3.63, 3.8) is 0 Å². The van der Waals surface area contributed by atoms with Crippen LogP contribution in [0.15, 0.2) is 34.9 Å². The number of aromatic nitrogens is 1. The van der Waals surface area contributed by atoms with Gasteiger partial charge in [0.2, 0.25) is 0 Å². The molecule has 1 N–H and O–H groups in total. The van der Waals surface area contributed by atoms with E-state index in [2.05, 4.69) is 20.9 Å². The highest BCUT2D eigenvalue weighted by atomic mass is 79.9. The van der Waals surface area contributed by atoms with Crippen molar-refractivity contribution in [2.24, 2.45) is 0 Å². The molecule has 2 aromatic rings. The number of carboxylic acid groups (broad SMARTS) is 1. The molecule has 20 heavy (non-hydrogen) atoms. The standard InChI is InChI=1S/C14H11BrFNO3/c1-8-5-6-17-13(14(18)19)9(8)7-20-11-4-2-3-10(15)12(11)16/h2-6H,7H2,1H3,(H,18,19). The number of aryl methyl sites for hydroxylation is 1. The maximum atomic E-state index is 13.8. The first kappa shape index (κ1) is 14.5. The van der Waals surface area contributed by atoms with Crippen molar-refractivity contribution in [1.29, 1.82) is 0 Å². The van der Waals surface area contributed by atoms with Gasteiger partial charge in [0.05, 0.1) is 4.47 Å². The zero-order chi connectivity index (χ0) is 14.7. The number of carbonyl (C=O) groups is 1. The molecule has 1 aromatic heterocycles. The lowest BCUT2D eigenvalue weighted by atomic mass is 10.1. The average Bonchev–Trinajstić information content (AvgIpc) is 2.41. The van der Waals surface area contributed by atoms with Crippen molar-refractivity contribution < 1.29 is 19.0 Å². The van der Waals surface area contributed by atoms with Crippen LogP contribution in [-0.4, -0.2) is 16.1 Å². The van der Waals surface area contributed by atoms with Crippen LogP contribution in [0.25, 0.3) is 0 Å². The number of nitrogens with zero attached hydrogens (tertiary/aromatic N) is 1. The van der Waals surface area contributed by atoms with E-state index >= 15 is 0 Å². The lowest BCUT2D eigenvalue weighted by Gasteiger charge is -2.11. The molecular weight excluding hydrogens is 329 g/mol. The minimum absolute atomic E-state index is 0.0546. The largest absolute Gasteiger partial charge is 0.486 e. The van der Waals surface area contributed by atoms with E-state index in [4.69, 9.17) is 9.84 Å². The van der Waals surface area contributed by atoms with Crippen molar-refractivity contribution >= 4 is 21.9 Å². The van der Waals surface area contributed by atoms with Crippen LogP contribution in [-0.2, 0) is 6.61 Å². The topological polar surface area (TPSA) is 59.4 Å². The lowest BCUT2D eigenvalue weighted by Crippen LogP contribution is -2.10. The summed E-state index contributed by atoms with van der Waals surface area (Å²) in [5.74, 6) is -1.60. The normalized spacial score (nSPS) is 10.3. The number of pyridine rings is 1. The third kappa shape index (κ3) is 2.96. The summed E-state index contributed by atoms with van der Waals surface area (Å²) in [4.78, 5) is 14.9. The Bertz CT molecular complexity index is 661. The fourth-order valence-corrected chi connectivity index (χ4v) is 2.05. The number of rotatable bonds is 4. The minimum Gasteiger partial charge on any atom is -0.486 e. The Balaban J connectivity index is 2.27. The van der Waals surface area contributed by atoms with Gasteiger partial charge in [-0.05, 0) is 46.6 Å². The number of ether oxygens (including phenoxy) is 1. The van der Waals surface area contributed by atoms with E-state index in [-0.39, 0.29) is 22.5 Å². The Kier molecular flexibility index (Phi) is 4.34. The van der Waals surface area contributed by atoms with Gasteiger partial charge in [0.1, 0.15) is 6.61 Å². The Hall–Kier alpha value is -1.95. The molecule has 2 rings (SSSR count). The molecule has 6 heteroatoms. The summed E-state index contributed by atoms with van der Waals surface area (Å²) in [7, 11) is 0. The van der Waals surface area contributed by atoms with Gasteiger partial charge in [0.25, 0.3) is 0 Å². The van der Waals surface area contributed by atoms with Crippen LogP contribution in [0.4, 0.5) is 4.39 Å². The van der Waals surface area contributed by atoms with Crippen LogP contribution in [0, 0.1) is 12.7 Å². The first-order chi connectivity index (χ1) is 9.50. The van der Waals surface area contributed by atoms with Gasteiger partial charge in [-0.25, -0.2) is 14.2 Å². The zero-order valence-corrected chi connectivity index (χ0v) is 12.1. The van der Waals surface area contributed by atoms with Crippen LogP contribution >= 0.6 is 15.9 Å². The molecule has 1 heterocycles. The van der Waals surface area contributed by atoms with Crippen LogP contribution in [0.2, 0.25) is 0 Å². The van der Waals surface area contributed by atoms with E-state index < -0.39 is 11.8 Å². The fraction of sp³-hybridized carbons (Fsp3) is 0.143. The number of halogens is 2. The van der Waals surface area contributed by atoms with Crippen molar-refractivity contribution in [2.75, 3.05) is 0 Å². The monoisotopic (exact) mass is 339 g/mol. The van der Waals surface area contributed by atoms with Crippen molar-refractivity contribution in [3.8, 4) is 5.75 Å². The maximum absolute atomic E-state index is 13.8. The number of carboxylic acids is 1. The summed E-state index contributed by atoms with van der Waals surface area (Å²) < 4.78 is 19.4. The molecule has 0 radical (unpaired) electrons. The van der Waals surface area contributed by atoms with Crippen molar-refractivity contribution in [1.82, 2.24) is 4.98 Å². The van der Waals surface area contributed by atoms with Crippen molar-refractivity contribution in [3.05, 3.63) is 57.6 Å². The third-order valence-corrected chi connectivity index (χ3v) is 3.39. The van der Waals surface area contributed by atoms with Gasteiger partial charge in [-0.2, -0.15) is 0 Å². The molecule has 0 spiro atoms. The molecule has 4 nitrogen and oxygen atoms in total. The lowest BCUT2D eigenvalue weighted by molar-refractivity contribution is 0.0687. The molecule has 0 fully saturated rings. The number of aromatic carboxylic acids is 1. The molecule has 0 aliphatic rings. The van der Waals surface area contributed by atoms with E-state index in [1.165, 1.54) is 12.3 Å². The third-order valence-electron chi connectivity index (χ3n) is 2.78.